The maximum Gasteiger partial charge on any atom is 0.240 e. The number of sulfonamides is 1. The third-order valence-electron chi connectivity index (χ3n) is 5.58. The van der Waals surface area contributed by atoms with Crippen molar-refractivity contribution < 1.29 is 26.7 Å². The number of carbonyl (C=O) groups is 1. The van der Waals surface area contributed by atoms with Crippen LogP contribution in [0.4, 0.5) is 5.69 Å². The third kappa shape index (κ3) is 6.88. The van der Waals surface area contributed by atoms with Crippen LogP contribution >= 0.6 is 0 Å². The fourth-order valence-electron chi connectivity index (χ4n) is 4.11. The second-order valence-corrected chi connectivity index (χ2v) is 11.9. The van der Waals surface area contributed by atoms with E-state index in [-0.39, 0.29) is 17.9 Å². The van der Waals surface area contributed by atoms with Crippen molar-refractivity contribution in [1.82, 2.24) is 20.6 Å². The molecule has 4 rings (SSSR count). The SMILES string of the molecule is CC(=O)[O-].NCCS(=O)(=O)c1ccc(-c2cccc(N3CCCCC3)c2)c(-c2nn[nH]n2)c1S(N)(=O)=O. The lowest BCUT2D eigenvalue weighted by Gasteiger charge is -2.29. The number of primary sulfonamides is 1. The van der Waals surface area contributed by atoms with E-state index >= 15 is 0 Å². The Hall–Kier alpha value is -3.40. The first kappa shape index (κ1) is 28.2. The number of carbonyl (C=O) groups excluding carboxylic acids is 1. The number of hydrogen-bond donors (Lipinski definition) is 3. The number of piperidine rings is 1. The third-order valence-corrected chi connectivity index (χ3v) is 8.48. The number of anilines is 1. The number of tetrazole rings is 1. The first-order valence-corrected chi connectivity index (χ1v) is 14.5. The van der Waals surface area contributed by atoms with Crippen molar-refractivity contribution in [1.29, 1.82) is 0 Å². The summed E-state index contributed by atoms with van der Waals surface area (Å²) < 4.78 is 51.1. The van der Waals surface area contributed by atoms with Gasteiger partial charge in [0.25, 0.3) is 0 Å². The van der Waals surface area contributed by atoms with E-state index < -0.39 is 41.4 Å². The summed E-state index contributed by atoms with van der Waals surface area (Å²) >= 11 is 0. The fourth-order valence-corrected chi connectivity index (χ4v) is 6.86. The van der Waals surface area contributed by atoms with E-state index in [0.29, 0.717) is 11.1 Å². The molecule has 0 saturated carbocycles. The monoisotopic (exact) mass is 550 g/mol. The van der Waals surface area contributed by atoms with Gasteiger partial charge in [0.2, 0.25) is 15.8 Å². The highest BCUT2D eigenvalue weighted by atomic mass is 32.2. The lowest BCUT2D eigenvalue weighted by molar-refractivity contribution is -0.302. The summed E-state index contributed by atoms with van der Waals surface area (Å²) in [4.78, 5) is 10.1. The number of carboxylic acid groups (broad SMARTS) is 1. The molecule has 2 aromatic carbocycles. The number of benzene rings is 2. The molecule has 0 atom stereocenters. The molecule has 0 bridgehead atoms. The summed E-state index contributed by atoms with van der Waals surface area (Å²) in [6.07, 6.45) is 3.39. The van der Waals surface area contributed by atoms with Gasteiger partial charge in [-0.15, -0.1) is 10.2 Å². The highest BCUT2D eigenvalue weighted by Crippen LogP contribution is 2.40. The molecule has 0 spiro atoms. The number of nitrogens with zero attached hydrogens (tertiary/aromatic N) is 4. The molecule has 13 nitrogen and oxygen atoms in total. The normalized spacial score (nSPS) is 14.1. The average molecular weight is 551 g/mol. The molecule has 0 amide bonds. The van der Waals surface area contributed by atoms with Gasteiger partial charge in [0.05, 0.1) is 16.2 Å². The second kappa shape index (κ2) is 11.8. The van der Waals surface area contributed by atoms with Crippen LogP contribution in [0.3, 0.4) is 0 Å². The summed E-state index contributed by atoms with van der Waals surface area (Å²) in [6.45, 7) is 2.66. The van der Waals surface area contributed by atoms with Gasteiger partial charge in [-0.2, -0.15) is 5.21 Å². The minimum Gasteiger partial charge on any atom is -0.550 e. The number of carboxylic acids is 1. The first-order chi connectivity index (χ1) is 17.5. The molecule has 0 aliphatic carbocycles. The smallest absolute Gasteiger partial charge is 0.240 e. The second-order valence-electron chi connectivity index (χ2n) is 8.29. The Morgan fingerprint density at radius 3 is 2.35 bits per heavy atom. The lowest BCUT2D eigenvalue weighted by atomic mass is 9.98. The number of sulfone groups is 1. The molecular formula is C22H28N7O6S2-. The van der Waals surface area contributed by atoms with Crippen molar-refractivity contribution in [3.05, 3.63) is 36.4 Å². The van der Waals surface area contributed by atoms with Crippen LogP contribution in [0.15, 0.2) is 46.2 Å². The van der Waals surface area contributed by atoms with Gasteiger partial charge in [-0.05, 0) is 60.7 Å². The van der Waals surface area contributed by atoms with Crippen LogP contribution in [-0.4, -0.2) is 68.8 Å². The first-order valence-electron chi connectivity index (χ1n) is 11.3. The van der Waals surface area contributed by atoms with Gasteiger partial charge in [-0.25, -0.2) is 22.0 Å². The Bertz CT molecular complexity index is 1450. The van der Waals surface area contributed by atoms with Crippen molar-refractivity contribution in [2.24, 2.45) is 10.9 Å². The summed E-state index contributed by atoms with van der Waals surface area (Å²) in [5.41, 5.74) is 7.50. The number of nitrogens with two attached hydrogens (primary N) is 2. The van der Waals surface area contributed by atoms with Crippen LogP contribution in [0.1, 0.15) is 26.2 Å². The molecule has 1 aliphatic heterocycles. The van der Waals surface area contributed by atoms with E-state index in [4.69, 9.17) is 20.8 Å². The Labute approximate surface area is 214 Å². The van der Waals surface area contributed by atoms with E-state index in [2.05, 4.69) is 25.5 Å². The highest BCUT2D eigenvalue weighted by Gasteiger charge is 2.31. The standard InChI is InChI=1S/C20H25N7O4S2.C2H4O2/c21-9-12-32(28,29)17-8-7-16(18(19(17)33(22,30)31)20-23-25-26-24-20)14-5-4-6-15(13-14)27-10-2-1-3-11-27;1-2(3)4/h4-8,13H,1-3,9-12,21H2,(H2,22,30,31)(H,23,24,25,26);1H3,(H,3,4)/p-1. The molecule has 3 aromatic rings. The largest absolute Gasteiger partial charge is 0.550 e. The molecule has 1 aromatic heterocycles. The molecule has 5 N–H and O–H groups in total. The zero-order chi connectivity index (χ0) is 27.2. The molecule has 0 radical (unpaired) electrons. The van der Waals surface area contributed by atoms with Crippen LogP contribution in [0, 0.1) is 0 Å². The molecule has 200 valence electrons. The summed E-state index contributed by atoms with van der Waals surface area (Å²) in [5, 5.41) is 28.1. The molecule has 0 unspecified atom stereocenters. The van der Waals surface area contributed by atoms with Crippen molar-refractivity contribution in [3.63, 3.8) is 0 Å². The Kier molecular flexibility index (Phi) is 8.96. The zero-order valence-electron chi connectivity index (χ0n) is 20.1. The number of nitrogens with one attached hydrogen (secondary N) is 1. The van der Waals surface area contributed by atoms with E-state index in [0.717, 1.165) is 38.5 Å². The predicted molar refractivity (Wildman–Crippen MR) is 134 cm³/mol. The van der Waals surface area contributed by atoms with Gasteiger partial charge < -0.3 is 20.5 Å². The minimum atomic E-state index is -4.50. The summed E-state index contributed by atoms with van der Waals surface area (Å²) in [5.74, 6) is -1.60. The van der Waals surface area contributed by atoms with Crippen LogP contribution < -0.4 is 20.9 Å². The van der Waals surface area contributed by atoms with Crippen LogP contribution in [0.25, 0.3) is 22.5 Å². The van der Waals surface area contributed by atoms with E-state index in [1.807, 2.05) is 24.3 Å². The van der Waals surface area contributed by atoms with E-state index in [9.17, 15) is 16.8 Å². The fraction of sp³-hybridized carbons (Fsp3) is 0.364. The molecule has 15 heteroatoms. The van der Waals surface area contributed by atoms with Crippen LogP contribution in [-0.2, 0) is 24.7 Å². The van der Waals surface area contributed by atoms with Gasteiger partial charge >= 0.3 is 0 Å². The number of H-pyrrole nitrogens is 1. The molecule has 1 fully saturated rings. The van der Waals surface area contributed by atoms with E-state index in [1.165, 1.54) is 12.5 Å². The molecule has 2 heterocycles. The number of hydrogen-bond acceptors (Lipinski definition) is 11. The van der Waals surface area contributed by atoms with Gasteiger partial charge in [-0.1, -0.05) is 18.2 Å². The van der Waals surface area contributed by atoms with Crippen LogP contribution in [0.2, 0.25) is 0 Å². The van der Waals surface area contributed by atoms with Crippen molar-refractivity contribution in [2.45, 2.75) is 36.0 Å². The lowest BCUT2D eigenvalue weighted by Crippen LogP contribution is -2.29. The minimum absolute atomic E-state index is 0.0276. The number of aromatic nitrogens is 4. The highest BCUT2D eigenvalue weighted by molar-refractivity contribution is 7.93. The van der Waals surface area contributed by atoms with Crippen LogP contribution in [0.5, 0.6) is 0 Å². The van der Waals surface area contributed by atoms with Crippen molar-refractivity contribution in [3.8, 4) is 22.5 Å². The predicted octanol–water partition coefficient (Wildman–Crippen LogP) is -0.340. The molecule has 1 aliphatic rings. The Balaban J connectivity index is 0.000000886. The van der Waals surface area contributed by atoms with Gasteiger partial charge in [0.1, 0.15) is 4.90 Å². The van der Waals surface area contributed by atoms with Gasteiger partial charge in [0.15, 0.2) is 9.84 Å². The number of aliphatic carboxylic acids is 1. The summed E-state index contributed by atoms with van der Waals surface area (Å²) in [6, 6.07) is 10.4. The van der Waals surface area contributed by atoms with Gasteiger partial charge in [-0.3, -0.25) is 0 Å². The number of rotatable bonds is 7. The average Bonchev–Trinajstić information content (AvgIpc) is 3.38. The van der Waals surface area contributed by atoms with Crippen molar-refractivity contribution in [2.75, 3.05) is 30.3 Å². The molecular weight excluding hydrogens is 522 g/mol. The summed E-state index contributed by atoms with van der Waals surface area (Å²) in [7, 11) is -8.55. The quantitative estimate of drug-likeness (QED) is 0.345. The van der Waals surface area contributed by atoms with Crippen molar-refractivity contribution >= 4 is 31.5 Å². The Morgan fingerprint density at radius 1 is 1.11 bits per heavy atom. The number of aromatic amines is 1. The zero-order valence-corrected chi connectivity index (χ0v) is 21.8. The maximum atomic E-state index is 12.9. The van der Waals surface area contributed by atoms with Gasteiger partial charge in [0, 0.05) is 31.3 Å². The molecule has 37 heavy (non-hydrogen) atoms. The maximum absolute atomic E-state index is 12.9. The molecule has 1 saturated heterocycles. The Morgan fingerprint density at radius 2 is 1.78 bits per heavy atom. The van der Waals surface area contributed by atoms with E-state index in [1.54, 1.807) is 6.07 Å². The topological polar surface area (TPSA) is 218 Å².